The molecule has 1 atom stereocenters. The van der Waals surface area contributed by atoms with Crippen LogP contribution in [0.4, 0.5) is 0 Å². The number of fused-ring (bicyclic) bond motifs is 1. The number of ether oxygens (including phenoxy) is 1. The number of nitrogens with zero attached hydrogens (tertiary/aromatic N) is 2. The first-order valence-electron chi connectivity index (χ1n) is 15.5. The Morgan fingerprint density at radius 3 is 2.38 bits per heavy atom. The summed E-state index contributed by atoms with van der Waals surface area (Å²) in [5.74, 6) is 0.657. The topological polar surface area (TPSA) is 73.9 Å². The molecule has 7 heteroatoms. The summed E-state index contributed by atoms with van der Waals surface area (Å²) in [4.78, 5) is 30.8. The van der Waals surface area contributed by atoms with Crippen LogP contribution in [0.3, 0.4) is 0 Å². The fourth-order valence-corrected chi connectivity index (χ4v) is 5.94. The lowest BCUT2D eigenvalue weighted by Crippen LogP contribution is -2.40. The Balaban J connectivity index is 1.32. The van der Waals surface area contributed by atoms with Gasteiger partial charge in [-0.1, -0.05) is 73.2 Å². The van der Waals surface area contributed by atoms with Gasteiger partial charge in [0.15, 0.2) is 0 Å². The SMILES string of the molecule is O=C1CN(Cc2ccccc2)Cc2ccc(C(=O)NCC(c3ccccc3)N3CCCCC3)cc2OCCCCCN1. The Bertz CT molecular complexity index is 1280. The van der Waals surface area contributed by atoms with Gasteiger partial charge in [0.05, 0.1) is 19.2 Å². The molecule has 1 saturated heterocycles. The molecule has 2 aliphatic rings. The van der Waals surface area contributed by atoms with E-state index < -0.39 is 0 Å². The van der Waals surface area contributed by atoms with E-state index in [9.17, 15) is 9.59 Å². The van der Waals surface area contributed by atoms with Crippen LogP contribution < -0.4 is 15.4 Å². The predicted molar refractivity (Wildman–Crippen MR) is 166 cm³/mol. The van der Waals surface area contributed by atoms with Crippen molar-refractivity contribution in [1.29, 1.82) is 0 Å². The fourth-order valence-electron chi connectivity index (χ4n) is 5.94. The largest absolute Gasteiger partial charge is 0.493 e. The molecule has 5 rings (SSSR count). The van der Waals surface area contributed by atoms with Crippen LogP contribution in [0.2, 0.25) is 0 Å². The van der Waals surface area contributed by atoms with Crippen molar-refractivity contribution in [2.24, 2.45) is 0 Å². The summed E-state index contributed by atoms with van der Waals surface area (Å²) in [6, 6.07) is 26.6. The summed E-state index contributed by atoms with van der Waals surface area (Å²) >= 11 is 0. The van der Waals surface area contributed by atoms with Crippen LogP contribution >= 0.6 is 0 Å². The minimum Gasteiger partial charge on any atom is -0.493 e. The molecule has 42 heavy (non-hydrogen) atoms. The van der Waals surface area contributed by atoms with Crippen LogP contribution in [0.15, 0.2) is 78.9 Å². The molecule has 0 bridgehead atoms. The minimum atomic E-state index is -0.0947. The standard InChI is InChI=1S/C35H44N4O3/c40-34-27-38(25-28-13-5-1-6-14-28)26-31-18-17-30(23-33(31)42-22-12-3-9-19-36-34)35(41)37-24-32(29-15-7-2-8-16-29)39-20-10-4-11-21-39/h1-2,5-8,13-18,23,32H,3-4,9-12,19-22,24-27H2,(H,36,40)(H,37,41). The van der Waals surface area contributed by atoms with Crippen molar-refractivity contribution >= 4 is 11.8 Å². The molecule has 0 aliphatic carbocycles. The second kappa shape index (κ2) is 15.5. The van der Waals surface area contributed by atoms with Crippen molar-refractivity contribution in [1.82, 2.24) is 20.4 Å². The normalized spacial score (nSPS) is 18.2. The van der Waals surface area contributed by atoms with E-state index in [1.165, 1.54) is 24.8 Å². The monoisotopic (exact) mass is 568 g/mol. The Labute approximate surface area is 250 Å². The van der Waals surface area contributed by atoms with Gasteiger partial charge in [-0.25, -0.2) is 0 Å². The molecule has 7 nitrogen and oxygen atoms in total. The van der Waals surface area contributed by atoms with Gasteiger partial charge in [-0.2, -0.15) is 0 Å². The van der Waals surface area contributed by atoms with Gasteiger partial charge < -0.3 is 15.4 Å². The van der Waals surface area contributed by atoms with Crippen LogP contribution in [0.5, 0.6) is 5.75 Å². The highest BCUT2D eigenvalue weighted by molar-refractivity contribution is 5.94. The maximum Gasteiger partial charge on any atom is 0.251 e. The first-order chi connectivity index (χ1) is 20.7. The number of hydrogen-bond acceptors (Lipinski definition) is 5. The molecule has 1 unspecified atom stereocenters. The predicted octanol–water partition coefficient (Wildman–Crippen LogP) is 5.32. The van der Waals surface area contributed by atoms with Crippen LogP contribution in [-0.4, -0.2) is 60.9 Å². The molecular formula is C35H44N4O3. The Hall–Kier alpha value is -3.68. The first-order valence-corrected chi connectivity index (χ1v) is 15.5. The molecule has 0 saturated carbocycles. The van der Waals surface area contributed by atoms with E-state index in [1.807, 2.05) is 42.5 Å². The van der Waals surface area contributed by atoms with Crippen LogP contribution in [0, 0.1) is 0 Å². The number of rotatable bonds is 7. The highest BCUT2D eigenvalue weighted by atomic mass is 16.5. The first kappa shape index (κ1) is 29.8. The molecule has 2 N–H and O–H groups in total. The highest BCUT2D eigenvalue weighted by Crippen LogP contribution is 2.26. The van der Waals surface area contributed by atoms with Crippen molar-refractivity contribution in [3.05, 3.63) is 101 Å². The van der Waals surface area contributed by atoms with Gasteiger partial charge in [0.25, 0.3) is 5.91 Å². The lowest BCUT2D eigenvalue weighted by molar-refractivity contribution is -0.122. The lowest BCUT2D eigenvalue weighted by atomic mass is 10.0. The smallest absolute Gasteiger partial charge is 0.251 e. The second-order valence-corrected chi connectivity index (χ2v) is 11.4. The Morgan fingerprint density at radius 1 is 0.857 bits per heavy atom. The van der Waals surface area contributed by atoms with E-state index >= 15 is 0 Å². The third-order valence-electron chi connectivity index (χ3n) is 8.21. The summed E-state index contributed by atoms with van der Waals surface area (Å²) in [5.41, 5.74) is 3.95. The third kappa shape index (κ3) is 8.66. The summed E-state index contributed by atoms with van der Waals surface area (Å²) < 4.78 is 6.29. The Kier molecular flexibility index (Phi) is 11.0. The number of carbonyl (C=O) groups is 2. The molecule has 3 aromatic rings. The molecule has 222 valence electrons. The van der Waals surface area contributed by atoms with Gasteiger partial charge in [-0.15, -0.1) is 0 Å². The molecule has 1 fully saturated rings. The zero-order valence-corrected chi connectivity index (χ0v) is 24.6. The maximum atomic E-state index is 13.5. The molecule has 3 aromatic carbocycles. The molecule has 0 radical (unpaired) electrons. The van der Waals surface area contributed by atoms with Gasteiger partial charge >= 0.3 is 0 Å². The summed E-state index contributed by atoms with van der Waals surface area (Å²) in [6.45, 7) is 5.41. The van der Waals surface area contributed by atoms with Crippen molar-refractivity contribution < 1.29 is 14.3 Å². The number of hydrogen-bond donors (Lipinski definition) is 2. The van der Waals surface area contributed by atoms with Gasteiger partial charge in [0.2, 0.25) is 5.91 Å². The highest BCUT2D eigenvalue weighted by Gasteiger charge is 2.23. The maximum absolute atomic E-state index is 13.5. The van der Waals surface area contributed by atoms with Gasteiger partial charge in [-0.05, 0) is 68.5 Å². The zero-order valence-electron chi connectivity index (χ0n) is 24.6. The van der Waals surface area contributed by atoms with E-state index in [2.05, 4.69) is 56.8 Å². The summed E-state index contributed by atoms with van der Waals surface area (Å²) in [5, 5.41) is 6.29. The van der Waals surface area contributed by atoms with Gasteiger partial charge in [0, 0.05) is 37.3 Å². The number of amides is 2. The number of piperidine rings is 1. The minimum absolute atomic E-state index is 0.0327. The number of nitrogens with one attached hydrogen (secondary N) is 2. The number of likely N-dealkylation sites (tertiary alicyclic amines) is 1. The van der Waals surface area contributed by atoms with E-state index in [4.69, 9.17) is 4.74 Å². The number of carbonyl (C=O) groups excluding carboxylic acids is 2. The second-order valence-electron chi connectivity index (χ2n) is 11.4. The third-order valence-corrected chi connectivity index (χ3v) is 8.21. The van der Waals surface area contributed by atoms with Crippen molar-refractivity contribution in [2.45, 2.75) is 57.7 Å². The molecular weight excluding hydrogens is 524 g/mol. The fraction of sp³-hybridized carbons (Fsp3) is 0.429. The molecule has 0 aromatic heterocycles. The van der Waals surface area contributed by atoms with E-state index in [0.717, 1.165) is 49.2 Å². The van der Waals surface area contributed by atoms with E-state index in [0.29, 0.717) is 44.9 Å². The van der Waals surface area contributed by atoms with Crippen molar-refractivity contribution in [2.75, 3.05) is 39.3 Å². The average Bonchev–Trinajstić information content (AvgIpc) is 3.04. The van der Waals surface area contributed by atoms with Crippen LogP contribution in [-0.2, 0) is 17.9 Å². The van der Waals surface area contributed by atoms with Crippen molar-refractivity contribution in [3.8, 4) is 5.75 Å². The van der Waals surface area contributed by atoms with Crippen LogP contribution in [0.1, 0.15) is 71.6 Å². The van der Waals surface area contributed by atoms with E-state index in [1.54, 1.807) is 0 Å². The average molecular weight is 569 g/mol. The van der Waals surface area contributed by atoms with E-state index in [-0.39, 0.29) is 17.9 Å². The summed E-state index contributed by atoms with van der Waals surface area (Å²) in [6.07, 6.45) is 6.45. The quantitative estimate of drug-likeness (QED) is 0.403. The molecule has 2 aliphatic heterocycles. The van der Waals surface area contributed by atoms with Crippen molar-refractivity contribution in [3.63, 3.8) is 0 Å². The Morgan fingerprint density at radius 2 is 1.60 bits per heavy atom. The lowest BCUT2D eigenvalue weighted by Gasteiger charge is -2.35. The zero-order chi connectivity index (χ0) is 29.0. The molecule has 2 amide bonds. The van der Waals surface area contributed by atoms with Crippen LogP contribution in [0.25, 0.3) is 0 Å². The van der Waals surface area contributed by atoms with Gasteiger partial charge in [-0.3, -0.25) is 19.4 Å². The summed E-state index contributed by atoms with van der Waals surface area (Å²) in [7, 11) is 0. The molecule has 2 heterocycles. The number of benzene rings is 3. The molecule has 0 spiro atoms. The van der Waals surface area contributed by atoms with Gasteiger partial charge in [0.1, 0.15) is 5.75 Å².